The van der Waals surface area contributed by atoms with Crippen molar-refractivity contribution in [1.29, 1.82) is 0 Å². The molecule has 1 fully saturated rings. The first-order valence-corrected chi connectivity index (χ1v) is 4.77. The first-order valence-electron chi connectivity index (χ1n) is 4.77. The van der Waals surface area contributed by atoms with E-state index in [1.54, 1.807) is 6.92 Å². The van der Waals surface area contributed by atoms with E-state index in [-0.39, 0.29) is 31.0 Å². The Balaban J connectivity index is 2.48. The predicted octanol–water partition coefficient (Wildman–Crippen LogP) is -0.201. The van der Waals surface area contributed by atoms with E-state index in [1.807, 2.05) is 0 Å². The molecule has 0 aliphatic heterocycles. The minimum absolute atomic E-state index is 0.136. The number of carbonyl (C=O) groups excluding carboxylic acids is 1. The van der Waals surface area contributed by atoms with Crippen molar-refractivity contribution in [3.05, 3.63) is 0 Å². The van der Waals surface area contributed by atoms with E-state index in [0.29, 0.717) is 0 Å². The average Bonchev–Trinajstić information content (AvgIpc) is 2.80. The van der Waals surface area contributed by atoms with Gasteiger partial charge in [0.25, 0.3) is 0 Å². The number of carboxylic acid groups (broad SMARTS) is 1. The normalized spacial score (nSPS) is 17.6. The van der Waals surface area contributed by atoms with E-state index in [1.165, 1.54) is 4.90 Å². The molecule has 1 aliphatic rings. The molecule has 0 aromatic carbocycles. The number of nitrogens with zero attached hydrogens (tertiary/aromatic N) is 1. The van der Waals surface area contributed by atoms with Crippen LogP contribution in [0.15, 0.2) is 0 Å². The highest BCUT2D eigenvalue weighted by Crippen LogP contribution is 2.27. The Morgan fingerprint density at radius 2 is 2.14 bits per heavy atom. The third kappa shape index (κ3) is 3.33. The summed E-state index contributed by atoms with van der Waals surface area (Å²) in [6.07, 6.45) is 2.06. The van der Waals surface area contributed by atoms with E-state index in [2.05, 4.69) is 0 Å². The lowest BCUT2D eigenvalue weighted by Crippen LogP contribution is -2.39. The van der Waals surface area contributed by atoms with Crippen molar-refractivity contribution < 1.29 is 14.7 Å². The number of rotatable bonds is 5. The zero-order valence-corrected chi connectivity index (χ0v) is 8.27. The molecular formula is C9H16N2O3. The van der Waals surface area contributed by atoms with Crippen molar-refractivity contribution >= 4 is 11.9 Å². The monoisotopic (exact) mass is 200 g/mol. The van der Waals surface area contributed by atoms with E-state index in [9.17, 15) is 9.59 Å². The second-order valence-corrected chi connectivity index (χ2v) is 3.83. The van der Waals surface area contributed by atoms with Gasteiger partial charge < -0.3 is 15.7 Å². The highest BCUT2D eigenvalue weighted by molar-refractivity contribution is 5.82. The summed E-state index contributed by atoms with van der Waals surface area (Å²) in [7, 11) is 0. The van der Waals surface area contributed by atoms with Crippen LogP contribution in [-0.4, -0.2) is 40.5 Å². The second-order valence-electron chi connectivity index (χ2n) is 3.83. The van der Waals surface area contributed by atoms with Gasteiger partial charge in [-0.15, -0.1) is 0 Å². The van der Waals surface area contributed by atoms with Crippen LogP contribution >= 0.6 is 0 Å². The van der Waals surface area contributed by atoms with Crippen LogP contribution in [0.5, 0.6) is 0 Å². The summed E-state index contributed by atoms with van der Waals surface area (Å²) >= 11 is 0. The van der Waals surface area contributed by atoms with Gasteiger partial charge in [-0.25, -0.2) is 0 Å². The van der Waals surface area contributed by atoms with Crippen molar-refractivity contribution in [3.63, 3.8) is 0 Å². The van der Waals surface area contributed by atoms with Crippen molar-refractivity contribution in [1.82, 2.24) is 4.90 Å². The van der Waals surface area contributed by atoms with Gasteiger partial charge in [0.2, 0.25) is 5.91 Å². The summed E-state index contributed by atoms with van der Waals surface area (Å²) in [6, 6.07) is -0.0742. The van der Waals surface area contributed by atoms with Gasteiger partial charge in [0.1, 0.15) is 6.54 Å². The van der Waals surface area contributed by atoms with Crippen LogP contribution < -0.4 is 5.73 Å². The number of amides is 1. The fourth-order valence-electron chi connectivity index (χ4n) is 1.35. The second kappa shape index (κ2) is 4.41. The van der Waals surface area contributed by atoms with Gasteiger partial charge >= 0.3 is 5.97 Å². The summed E-state index contributed by atoms with van der Waals surface area (Å²) in [4.78, 5) is 23.5. The molecule has 0 saturated heterocycles. The van der Waals surface area contributed by atoms with Crippen LogP contribution in [0.4, 0.5) is 0 Å². The largest absolute Gasteiger partial charge is 0.480 e. The predicted molar refractivity (Wildman–Crippen MR) is 50.6 cm³/mol. The van der Waals surface area contributed by atoms with Crippen LogP contribution in [-0.2, 0) is 9.59 Å². The summed E-state index contributed by atoms with van der Waals surface area (Å²) in [6.45, 7) is 1.54. The number of hydrogen-bond donors (Lipinski definition) is 2. The molecule has 0 radical (unpaired) electrons. The van der Waals surface area contributed by atoms with Gasteiger partial charge in [-0.1, -0.05) is 0 Å². The number of carboxylic acids is 1. The zero-order valence-electron chi connectivity index (χ0n) is 8.27. The lowest BCUT2D eigenvalue weighted by Gasteiger charge is -2.21. The molecule has 0 aromatic rings. The van der Waals surface area contributed by atoms with Gasteiger partial charge in [-0.3, -0.25) is 9.59 Å². The van der Waals surface area contributed by atoms with Crippen LogP contribution in [0.25, 0.3) is 0 Å². The smallest absolute Gasteiger partial charge is 0.323 e. The maximum Gasteiger partial charge on any atom is 0.323 e. The standard InChI is InChI=1S/C9H16N2O3/c1-6(10)4-8(12)11(5-9(13)14)7-2-3-7/h6-7H,2-5,10H2,1H3,(H,13,14). The Kier molecular flexibility index (Phi) is 3.46. The lowest BCUT2D eigenvalue weighted by molar-refractivity contribution is -0.145. The van der Waals surface area contributed by atoms with E-state index in [4.69, 9.17) is 10.8 Å². The maximum atomic E-state index is 11.6. The topological polar surface area (TPSA) is 83.6 Å². The van der Waals surface area contributed by atoms with Crippen molar-refractivity contribution in [3.8, 4) is 0 Å². The SMILES string of the molecule is CC(N)CC(=O)N(CC(=O)O)C1CC1. The molecule has 1 amide bonds. The molecule has 1 unspecified atom stereocenters. The Labute approximate surface area is 82.9 Å². The lowest BCUT2D eigenvalue weighted by atomic mass is 10.2. The molecule has 0 heterocycles. The highest BCUT2D eigenvalue weighted by atomic mass is 16.4. The first kappa shape index (κ1) is 11.0. The minimum atomic E-state index is -0.963. The average molecular weight is 200 g/mol. The van der Waals surface area contributed by atoms with E-state index in [0.717, 1.165) is 12.8 Å². The maximum absolute atomic E-state index is 11.6. The molecular weight excluding hydrogens is 184 g/mol. The first-order chi connectivity index (χ1) is 6.50. The Morgan fingerprint density at radius 1 is 1.57 bits per heavy atom. The molecule has 14 heavy (non-hydrogen) atoms. The number of hydrogen-bond acceptors (Lipinski definition) is 3. The molecule has 3 N–H and O–H groups in total. The molecule has 1 saturated carbocycles. The Morgan fingerprint density at radius 3 is 2.50 bits per heavy atom. The number of nitrogens with two attached hydrogens (primary N) is 1. The molecule has 5 nitrogen and oxygen atoms in total. The highest BCUT2D eigenvalue weighted by Gasteiger charge is 2.33. The fraction of sp³-hybridized carbons (Fsp3) is 0.778. The minimum Gasteiger partial charge on any atom is -0.480 e. The van der Waals surface area contributed by atoms with Gasteiger partial charge in [0.15, 0.2) is 0 Å². The zero-order chi connectivity index (χ0) is 10.7. The van der Waals surface area contributed by atoms with Gasteiger partial charge in [-0.05, 0) is 19.8 Å². The molecule has 80 valence electrons. The Hall–Kier alpha value is -1.10. The molecule has 1 aliphatic carbocycles. The van der Waals surface area contributed by atoms with Gasteiger partial charge in [-0.2, -0.15) is 0 Å². The van der Waals surface area contributed by atoms with E-state index < -0.39 is 5.97 Å². The van der Waals surface area contributed by atoms with Crippen LogP contribution in [0.2, 0.25) is 0 Å². The molecule has 1 rings (SSSR count). The van der Waals surface area contributed by atoms with Crippen molar-refractivity contribution in [2.75, 3.05) is 6.54 Å². The van der Waals surface area contributed by atoms with Crippen molar-refractivity contribution in [2.45, 2.75) is 38.3 Å². The third-order valence-corrected chi connectivity index (χ3v) is 2.11. The molecule has 0 aromatic heterocycles. The molecule has 0 spiro atoms. The molecule has 1 atom stereocenters. The third-order valence-electron chi connectivity index (χ3n) is 2.11. The van der Waals surface area contributed by atoms with Crippen molar-refractivity contribution in [2.24, 2.45) is 5.73 Å². The Bertz CT molecular complexity index is 236. The quantitative estimate of drug-likeness (QED) is 0.643. The summed E-state index contributed by atoms with van der Waals surface area (Å²) in [5.41, 5.74) is 5.49. The molecule has 0 bridgehead atoms. The van der Waals surface area contributed by atoms with Crippen LogP contribution in [0.3, 0.4) is 0 Å². The fourth-order valence-corrected chi connectivity index (χ4v) is 1.35. The summed E-state index contributed by atoms with van der Waals surface area (Å²) in [5.74, 6) is -1.11. The summed E-state index contributed by atoms with van der Waals surface area (Å²) < 4.78 is 0. The number of aliphatic carboxylic acids is 1. The van der Waals surface area contributed by atoms with Gasteiger partial charge in [0, 0.05) is 18.5 Å². The molecule has 5 heteroatoms. The van der Waals surface area contributed by atoms with Crippen LogP contribution in [0, 0.1) is 0 Å². The number of carbonyl (C=O) groups is 2. The van der Waals surface area contributed by atoms with Crippen LogP contribution in [0.1, 0.15) is 26.2 Å². The van der Waals surface area contributed by atoms with E-state index >= 15 is 0 Å². The van der Waals surface area contributed by atoms with Gasteiger partial charge in [0.05, 0.1) is 0 Å². The summed E-state index contributed by atoms with van der Waals surface area (Å²) in [5, 5.41) is 8.62.